The molecule has 1 aliphatic heterocycles. The first kappa shape index (κ1) is 19.0. The summed E-state index contributed by atoms with van der Waals surface area (Å²) in [6.07, 6.45) is 3.85. The molecule has 0 N–H and O–H groups in total. The number of rotatable bonds is 5. The predicted octanol–water partition coefficient (Wildman–Crippen LogP) is 1.05. The molecule has 0 spiro atoms. The van der Waals surface area contributed by atoms with E-state index in [-0.39, 0.29) is 11.6 Å². The summed E-state index contributed by atoms with van der Waals surface area (Å²) in [5.41, 5.74) is 1.88. The molecule has 0 aliphatic carbocycles. The molecular formula is C17H25N7O3. The molecule has 0 saturated carbocycles. The minimum absolute atomic E-state index is 0.0176. The Balaban J connectivity index is 1.62. The number of hydrogen-bond acceptors (Lipinski definition) is 6. The number of carbonyl (C=O) groups excluding carboxylic acids is 1. The van der Waals surface area contributed by atoms with Gasteiger partial charge in [-0.25, -0.2) is 0 Å². The quantitative estimate of drug-likeness (QED) is 0.572. The number of aromatic nitrogens is 4. The zero-order valence-electron chi connectivity index (χ0n) is 16.1. The zero-order valence-corrected chi connectivity index (χ0v) is 16.1. The Hall–Kier alpha value is -2.75. The van der Waals surface area contributed by atoms with Gasteiger partial charge in [0.15, 0.2) is 0 Å². The summed E-state index contributed by atoms with van der Waals surface area (Å²) in [7, 11) is 1.89. The Morgan fingerprint density at radius 2 is 1.96 bits per heavy atom. The summed E-state index contributed by atoms with van der Waals surface area (Å²) >= 11 is 0. The van der Waals surface area contributed by atoms with E-state index < -0.39 is 11.0 Å². The Bertz CT molecular complexity index is 849. The fourth-order valence-electron chi connectivity index (χ4n) is 3.60. The monoisotopic (exact) mass is 375 g/mol. The maximum Gasteiger partial charge on any atom is 0.312 e. The molecule has 10 nitrogen and oxygen atoms in total. The molecule has 1 unspecified atom stereocenters. The van der Waals surface area contributed by atoms with Crippen LogP contribution in [0.3, 0.4) is 0 Å². The first-order valence-corrected chi connectivity index (χ1v) is 8.96. The lowest BCUT2D eigenvalue weighted by Gasteiger charge is -2.35. The van der Waals surface area contributed by atoms with Crippen LogP contribution in [-0.4, -0.2) is 66.4 Å². The zero-order chi connectivity index (χ0) is 19.7. The molecule has 2 aromatic rings. The van der Waals surface area contributed by atoms with Crippen molar-refractivity contribution in [1.82, 2.24) is 29.4 Å². The molecule has 3 heterocycles. The fourth-order valence-corrected chi connectivity index (χ4v) is 3.60. The normalized spacial score (nSPS) is 16.5. The van der Waals surface area contributed by atoms with Crippen LogP contribution in [0.25, 0.3) is 0 Å². The summed E-state index contributed by atoms with van der Waals surface area (Å²) in [5.74, 6) is -0.0588. The summed E-state index contributed by atoms with van der Waals surface area (Å²) in [6.45, 7) is 8.61. The van der Waals surface area contributed by atoms with E-state index in [1.165, 1.54) is 4.68 Å². The number of hydrogen-bond donors (Lipinski definition) is 0. The third-order valence-electron chi connectivity index (χ3n) is 5.04. The molecule has 0 radical (unpaired) electrons. The van der Waals surface area contributed by atoms with Gasteiger partial charge in [-0.15, -0.1) is 0 Å². The van der Waals surface area contributed by atoms with Crippen LogP contribution < -0.4 is 0 Å². The average Bonchev–Trinajstić information content (AvgIpc) is 3.16. The van der Waals surface area contributed by atoms with Crippen molar-refractivity contribution in [2.24, 2.45) is 7.05 Å². The summed E-state index contributed by atoms with van der Waals surface area (Å²) in [6, 6.07) is -0.567. The van der Waals surface area contributed by atoms with Crippen LogP contribution >= 0.6 is 0 Å². The maximum absolute atomic E-state index is 12.9. The van der Waals surface area contributed by atoms with Gasteiger partial charge in [0.2, 0.25) is 5.91 Å². The first-order valence-electron chi connectivity index (χ1n) is 8.96. The lowest BCUT2D eigenvalue weighted by atomic mass is 10.2. The number of amides is 1. The highest BCUT2D eigenvalue weighted by atomic mass is 16.6. The first-order chi connectivity index (χ1) is 12.8. The number of carbonyl (C=O) groups is 1. The van der Waals surface area contributed by atoms with Gasteiger partial charge >= 0.3 is 5.69 Å². The molecule has 1 atom stereocenters. The minimum Gasteiger partial charge on any atom is -0.338 e. The van der Waals surface area contributed by atoms with Gasteiger partial charge in [0.05, 0.1) is 11.1 Å². The summed E-state index contributed by atoms with van der Waals surface area (Å²) in [5, 5.41) is 19.6. The standard InChI is InChI=1S/C17H25N7O3/c1-12-16(24(26)27)13(2)23(19-12)14(3)17(25)22-7-5-21(6-8-22)11-15-9-18-20(4)10-15/h9-10,14H,5-8,11H2,1-4H3. The molecule has 1 aliphatic rings. The second-order valence-corrected chi connectivity index (χ2v) is 7.02. The van der Waals surface area contributed by atoms with Crippen molar-refractivity contribution < 1.29 is 9.72 Å². The van der Waals surface area contributed by atoms with Gasteiger partial charge in [-0.2, -0.15) is 10.2 Å². The highest BCUT2D eigenvalue weighted by molar-refractivity contribution is 5.80. The van der Waals surface area contributed by atoms with E-state index >= 15 is 0 Å². The lowest BCUT2D eigenvalue weighted by Crippen LogP contribution is -2.50. The van der Waals surface area contributed by atoms with Gasteiger partial charge in [-0.1, -0.05) is 0 Å². The Morgan fingerprint density at radius 1 is 1.30 bits per heavy atom. The molecule has 1 fully saturated rings. The molecule has 1 saturated heterocycles. The van der Waals surface area contributed by atoms with Crippen LogP contribution in [0, 0.1) is 24.0 Å². The van der Waals surface area contributed by atoms with Crippen molar-refractivity contribution in [2.45, 2.75) is 33.4 Å². The molecule has 27 heavy (non-hydrogen) atoms. The average molecular weight is 375 g/mol. The molecule has 2 aromatic heterocycles. The smallest absolute Gasteiger partial charge is 0.312 e. The fraction of sp³-hybridized carbons (Fsp3) is 0.588. The van der Waals surface area contributed by atoms with Crippen LogP contribution in [0.5, 0.6) is 0 Å². The highest BCUT2D eigenvalue weighted by Gasteiger charge is 2.30. The van der Waals surface area contributed by atoms with Crippen molar-refractivity contribution in [2.75, 3.05) is 26.2 Å². The van der Waals surface area contributed by atoms with E-state index in [1.807, 2.05) is 24.3 Å². The topological polar surface area (TPSA) is 102 Å². The second kappa shape index (κ2) is 7.47. The van der Waals surface area contributed by atoms with Crippen LogP contribution in [0.2, 0.25) is 0 Å². The van der Waals surface area contributed by atoms with Crippen molar-refractivity contribution >= 4 is 11.6 Å². The number of aryl methyl sites for hydroxylation is 2. The Labute approximate surface area is 157 Å². The number of nitro groups is 1. The third kappa shape index (κ3) is 3.85. The van der Waals surface area contributed by atoms with Crippen molar-refractivity contribution in [3.8, 4) is 0 Å². The van der Waals surface area contributed by atoms with Gasteiger partial charge in [0, 0.05) is 51.5 Å². The molecule has 0 bridgehead atoms. The molecular weight excluding hydrogens is 350 g/mol. The van der Waals surface area contributed by atoms with Gasteiger partial charge in [-0.05, 0) is 20.8 Å². The molecule has 3 rings (SSSR count). The van der Waals surface area contributed by atoms with E-state index in [4.69, 9.17) is 0 Å². The van der Waals surface area contributed by atoms with Gasteiger partial charge in [0.1, 0.15) is 17.4 Å². The highest BCUT2D eigenvalue weighted by Crippen LogP contribution is 2.25. The molecule has 10 heteroatoms. The number of nitrogens with zero attached hydrogens (tertiary/aromatic N) is 7. The largest absolute Gasteiger partial charge is 0.338 e. The predicted molar refractivity (Wildman–Crippen MR) is 98.1 cm³/mol. The molecule has 146 valence electrons. The van der Waals surface area contributed by atoms with E-state index in [0.29, 0.717) is 24.5 Å². The van der Waals surface area contributed by atoms with Gasteiger partial charge < -0.3 is 4.90 Å². The van der Waals surface area contributed by atoms with Crippen LogP contribution in [0.1, 0.15) is 29.9 Å². The maximum atomic E-state index is 12.9. The Kier molecular flexibility index (Phi) is 5.26. The summed E-state index contributed by atoms with van der Waals surface area (Å²) < 4.78 is 3.25. The van der Waals surface area contributed by atoms with Crippen LogP contribution in [0.15, 0.2) is 12.4 Å². The van der Waals surface area contributed by atoms with Crippen molar-refractivity contribution in [3.63, 3.8) is 0 Å². The van der Waals surface area contributed by atoms with Gasteiger partial charge in [0.25, 0.3) is 0 Å². The second-order valence-electron chi connectivity index (χ2n) is 7.02. The Morgan fingerprint density at radius 3 is 2.48 bits per heavy atom. The molecule has 0 aromatic carbocycles. The van der Waals surface area contributed by atoms with E-state index in [9.17, 15) is 14.9 Å². The SMILES string of the molecule is Cc1nn(C(C)C(=O)N2CCN(Cc3cnn(C)c3)CC2)c(C)c1[N+](=O)[O-]. The van der Waals surface area contributed by atoms with Gasteiger partial charge in [-0.3, -0.25) is 29.2 Å². The van der Waals surface area contributed by atoms with E-state index in [2.05, 4.69) is 15.1 Å². The van der Waals surface area contributed by atoms with Crippen LogP contribution in [0.4, 0.5) is 5.69 Å². The lowest BCUT2D eigenvalue weighted by molar-refractivity contribution is -0.386. The third-order valence-corrected chi connectivity index (χ3v) is 5.04. The minimum atomic E-state index is -0.567. The van der Waals surface area contributed by atoms with Crippen LogP contribution in [-0.2, 0) is 18.4 Å². The van der Waals surface area contributed by atoms with Crippen molar-refractivity contribution in [1.29, 1.82) is 0 Å². The summed E-state index contributed by atoms with van der Waals surface area (Å²) in [4.78, 5) is 27.7. The molecule has 1 amide bonds. The van der Waals surface area contributed by atoms with E-state index in [1.54, 1.807) is 25.5 Å². The van der Waals surface area contributed by atoms with E-state index in [0.717, 1.165) is 25.2 Å². The van der Waals surface area contributed by atoms with Crippen molar-refractivity contribution in [3.05, 3.63) is 39.5 Å². The number of piperazine rings is 1.